The van der Waals surface area contributed by atoms with Gasteiger partial charge in [-0.25, -0.2) is 4.79 Å². The van der Waals surface area contributed by atoms with E-state index in [9.17, 15) is 9.59 Å². The molecule has 0 saturated carbocycles. The van der Waals surface area contributed by atoms with Crippen LogP contribution in [0, 0.1) is 12.3 Å². The van der Waals surface area contributed by atoms with E-state index >= 15 is 0 Å². The van der Waals surface area contributed by atoms with E-state index in [2.05, 4.69) is 10.9 Å². The Bertz CT molecular complexity index is 1310. The summed E-state index contributed by atoms with van der Waals surface area (Å²) < 4.78 is 5.46. The van der Waals surface area contributed by atoms with Crippen molar-refractivity contribution in [1.82, 2.24) is 19.7 Å². The van der Waals surface area contributed by atoms with Crippen molar-refractivity contribution in [2.75, 3.05) is 33.8 Å². The van der Waals surface area contributed by atoms with Crippen molar-refractivity contribution in [2.24, 2.45) is 0 Å². The fourth-order valence-electron chi connectivity index (χ4n) is 5.30. The van der Waals surface area contributed by atoms with Crippen molar-refractivity contribution in [3.63, 3.8) is 0 Å². The molecule has 3 amide bonds. The number of nitrogens with zero attached hydrogens (tertiary/aromatic N) is 3. The molecule has 2 aromatic carbocycles. The average Bonchev–Trinajstić information content (AvgIpc) is 3.28. The van der Waals surface area contributed by atoms with E-state index in [4.69, 9.17) is 11.2 Å². The van der Waals surface area contributed by atoms with Gasteiger partial charge in [0.1, 0.15) is 17.3 Å². The van der Waals surface area contributed by atoms with Crippen molar-refractivity contribution in [1.29, 1.82) is 0 Å². The predicted octanol–water partition coefficient (Wildman–Crippen LogP) is 3.41. The Morgan fingerprint density at radius 2 is 2.00 bits per heavy atom. The fourth-order valence-corrected chi connectivity index (χ4v) is 5.30. The summed E-state index contributed by atoms with van der Waals surface area (Å²) in [6.45, 7) is 3.16. The summed E-state index contributed by atoms with van der Waals surface area (Å²) in [4.78, 5) is 36.2. The fraction of sp³-hybridized carbons (Fsp3) is 0.333. The molecule has 2 atom stereocenters. The maximum atomic E-state index is 13.8. The van der Waals surface area contributed by atoms with Crippen LogP contribution < -0.4 is 4.74 Å². The molecular formula is C27H28N4O3. The number of nitrogens with one attached hydrogen (secondary N) is 1. The first-order valence-electron chi connectivity index (χ1n) is 11.4. The summed E-state index contributed by atoms with van der Waals surface area (Å²) >= 11 is 0. The second-order valence-corrected chi connectivity index (χ2v) is 9.24. The number of hydrogen-bond donors (Lipinski definition) is 1. The number of hydrogen-bond acceptors (Lipinski definition) is 4. The number of amides is 3. The molecule has 1 N–H and O–H groups in total. The SMILES string of the molecule is C#CCN(C)CCN1C(=O)N2[C@H](c3ccccc3)c3[nH]c4ccc(OC)cc4c3C[C@@]2(C)C1=O. The number of methoxy groups -OCH3 is 1. The highest BCUT2D eigenvalue weighted by molar-refractivity contribution is 6.08. The number of benzene rings is 2. The number of rotatable bonds is 6. The van der Waals surface area contributed by atoms with E-state index in [1.54, 1.807) is 12.0 Å². The van der Waals surface area contributed by atoms with Crippen molar-refractivity contribution in [3.05, 3.63) is 65.4 Å². The van der Waals surface area contributed by atoms with Crippen molar-refractivity contribution < 1.29 is 14.3 Å². The monoisotopic (exact) mass is 456 g/mol. The summed E-state index contributed by atoms with van der Waals surface area (Å²) in [7, 11) is 3.53. The van der Waals surface area contributed by atoms with Gasteiger partial charge in [-0.1, -0.05) is 36.3 Å². The minimum atomic E-state index is -0.993. The van der Waals surface area contributed by atoms with Crippen LogP contribution in [0.15, 0.2) is 48.5 Å². The number of likely N-dealkylation sites (N-methyl/N-ethyl adjacent to an activating group) is 1. The minimum absolute atomic E-state index is 0.171. The summed E-state index contributed by atoms with van der Waals surface area (Å²) in [5, 5.41) is 1.02. The molecule has 0 spiro atoms. The molecule has 34 heavy (non-hydrogen) atoms. The Hall–Kier alpha value is -3.76. The van der Waals surface area contributed by atoms with Crippen molar-refractivity contribution in [2.45, 2.75) is 24.9 Å². The summed E-state index contributed by atoms with van der Waals surface area (Å²) in [6.07, 6.45) is 5.84. The van der Waals surface area contributed by atoms with Gasteiger partial charge in [-0.05, 0) is 43.3 Å². The highest BCUT2D eigenvalue weighted by Crippen LogP contribution is 2.48. The molecule has 3 aromatic rings. The maximum absolute atomic E-state index is 13.8. The summed E-state index contributed by atoms with van der Waals surface area (Å²) in [5.74, 6) is 3.18. The molecule has 2 aliphatic rings. The van der Waals surface area contributed by atoms with E-state index in [-0.39, 0.29) is 11.9 Å². The Morgan fingerprint density at radius 1 is 1.24 bits per heavy atom. The molecule has 7 heteroatoms. The van der Waals surface area contributed by atoms with Crippen LogP contribution in [0.1, 0.15) is 29.8 Å². The smallest absolute Gasteiger partial charge is 0.328 e. The summed E-state index contributed by atoms with van der Waals surface area (Å²) in [5.41, 5.74) is 2.92. The third kappa shape index (κ3) is 3.25. The molecule has 2 aliphatic heterocycles. The summed E-state index contributed by atoms with van der Waals surface area (Å²) in [6, 6.07) is 15.1. The minimum Gasteiger partial charge on any atom is -0.497 e. The number of imide groups is 1. The second-order valence-electron chi connectivity index (χ2n) is 9.24. The largest absolute Gasteiger partial charge is 0.497 e. The third-order valence-electron chi connectivity index (χ3n) is 7.06. The number of carbonyl (C=O) groups is 2. The zero-order chi connectivity index (χ0) is 24.0. The maximum Gasteiger partial charge on any atom is 0.328 e. The van der Waals surface area contributed by atoms with Crippen LogP contribution in [-0.2, 0) is 11.2 Å². The molecule has 1 fully saturated rings. The second kappa shape index (κ2) is 8.23. The van der Waals surface area contributed by atoms with E-state index < -0.39 is 11.6 Å². The lowest BCUT2D eigenvalue weighted by atomic mass is 9.81. The van der Waals surface area contributed by atoms with Crippen molar-refractivity contribution >= 4 is 22.8 Å². The standard InChI is InChI=1S/C27H28N4O3/c1-5-13-29(3)14-15-30-25(32)27(2)17-21-20-16-19(34-4)11-12-22(20)28-23(21)24(31(27)26(30)33)18-9-7-6-8-10-18/h1,6-12,16,24,28H,13-15,17H2,2-4H3/t24-,27+/m1/s1. The lowest BCUT2D eigenvalue weighted by Crippen LogP contribution is -2.53. The van der Waals surface area contributed by atoms with Gasteiger partial charge in [-0.15, -0.1) is 6.42 Å². The van der Waals surface area contributed by atoms with Gasteiger partial charge in [0.15, 0.2) is 0 Å². The molecule has 3 heterocycles. The van der Waals surface area contributed by atoms with E-state index in [0.29, 0.717) is 26.1 Å². The lowest BCUT2D eigenvalue weighted by molar-refractivity contribution is -0.133. The van der Waals surface area contributed by atoms with Crippen LogP contribution in [0.4, 0.5) is 4.79 Å². The van der Waals surface area contributed by atoms with E-state index in [0.717, 1.165) is 33.5 Å². The van der Waals surface area contributed by atoms with Crippen molar-refractivity contribution in [3.8, 4) is 18.1 Å². The van der Waals surface area contributed by atoms with Gasteiger partial charge < -0.3 is 9.72 Å². The molecule has 0 bridgehead atoms. The van der Waals surface area contributed by atoms with Gasteiger partial charge >= 0.3 is 6.03 Å². The molecule has 1 aromatic heterocycles. The predicted molar refractivity (Wildman–Crippen MR) is 131 cm³/mol. The number of fused-ring (bicyclic) bond motifs is 4. The van der Waals surface area contributed by atoms with E-state index in [1.807, 2.05) is 67.4 Å². The Kier molecular flexibility index (Phi) is 5.34. The number of urea groups is 1. The van der Waals surface area contributed by atoms with Crippen LogP contribution in [0.25, 0.3) is 10.9 Å². The topological polar surface area (TPSA) is 68.9 Å². The number of aromatic nitrogens is 1. The Balaban J connectivity index is 1.63. The van der Waals surface area contributed by atoms with E-state index in [1.165, 1.54) is 4.90 Å². The first kappa shape index (κ1) is 22.1. The molecule has 1 saturated heterocycles. The third-order valence-corrected chi connectivity index (χ3v) is 7.06. The van der Waals surface area contributed by atoms with Gasteiger partial charge in [0.25, 0.3) is 5.91 Å². The Morgan fingerprint density at radius 3 is 2.71 bits per heavy atom. The zero-order valence-electron chi connectivity index (χ0n) is 19.7. The van der Waals surface area contributed by atoms with Gasteiger partial charge in [-0.2, -0.15) is 0 Å². The number of H-pyrrole nitrogens is 1. The normalized spacial score (nSPS) is 21.7. The van der Waals surface area contributed by atoms with Crippen LogP contribution in [0.5, 0.6) is 5.75 Å². The van der Waals surface area contributed by atoms with Crippen LogP contribution in [0.2, 0.25) is 0 Å². The highest BCUT2D eigenvalue weighted by Gasteiger charge is 2.60. The molecule has 0 unspecified atom stereocenters. The molecule has 0 aliphatic carbocycles. The lowest BCUT2D eigenvalue weighted by Gasteiger charge is -2.42. The number of carbonyl (C=O) groups excluding carboxylic acids is 2. The average molecular weight is 457 g/mol. The number of aromatic amines is 1. The van der Waals surface area contributed by atoms with Gasteiger partial charge in [0, 0.05) is 36.1 Å². The quantitative estimate of drug-likeness (QED) is 0.456. The van der Waals surface area contributed by atoms with Gasteiger partial charge in [0.05, 0.1) is 13.7 Å². The first-order valence-corrected chi connectivity index (χ1v) is 11.4. The highest BCUT2D eigenvalue weighted by atomic mass is 16.5. The van der Waals surface area contributed by atoms with Crippen LogP contribution >= 0.6 is 0 Å². The Labute approximate surface area is 199 Å². The van der Waals surface area contributed by atoms with Crippen LogP contribution in [0.3, 0.4) is 0 Å². The molecule has 5 rings (SSSR count). The van der Waals surface area contributed by atoms with Crippen LogP contribution in [-0.4, -0.2) is 71.0 Å². The first-order chi connectivity index (χ1) is 16.4. The van der Waals surface area contributed by atoms with Gasteiger partial charge in [0.2, 0.25) is 0 Å². The molecule has 0 radical (unpaired) electrons. The molecule has 174 valence electrons. The number of ether oxygens (including phenoxy) is 1. The zero-order valence-corrected chi connectivity index (χ0v) is 19.7. The number of terminal acetylenes is 1. The molecule has 7 nitrogen and oxygen atoms in total. The molecular weight excluding hydrogens is 428 g/mol. The van der Waals surface area contributed by atoms with Gasteiger partial charge in [-0.3, -0.25) is 19.5 Å².